The van der Waals surface area contributed by atoms with Gasteiger partial charge in [0, 0.05) is 45.1 Å². The molecule has 5 nitrogen and oxygen atoms in total. The minimum Gasteiger partial charge on any atom is -0.308 e. The highest BCUT2D eigenvalue weighted by Crippen LogP contribution is 2.44. The maximum absolute atomic E-state index is 15.1. The molecule has 0 N–H and O–H groups in total. The van der Waals surface area contributed by atoms with Gasteiger partial charge in [0.05, 0.1) is 50.4 Å². The molecule has 0 bridgehead atoms. The average molecular weight is 884 g/mol. The highest BCUT2D eigenvalue weighted by atomic mass is 19.4. The number of rotatable bonds is 7. The van der Waals surface area contributed by atoms with Crippen molar-refractivity contribution >= 4 is 43.6 Å². The van der Waals surface area contributed by atoms with E-state index in [2.05, 4.69) is 64.6 Å². The lowest BCUT2D eigenvalue weighted by molar-refractivity contribution is -0.137. The molecule has 0 aliphatic carbocycles. The van der Waals surface area contributed by atoms with Gasteiger partial charge >= 0.3 is 6.18 Å². The Labute approximate surface area is 388 Å². The van der Waals surface area contributed by atoms with Crippen LogP contribution in [0.3, 0.4) is 0 Å². The van der Waals surface area contributed by atoms with Crippen molar-refractivity contribution < 1.29 is 13.2 Å². The largest absolute Gasteiger partial charge is 0.417 e. The quantitative estimate of drug-likeness (QED) is 0.160. The summed E-state index contributed by atoms with van der Waals surface area (Å²) in [5.74, 6) is 0. The normalized spacial score (nSPS) is 11.7. The van der Waals surface area contributed by atoms with Crippen LogP contribution in [0.5, 0.6) is 0 Å². The van der Waals surface area contributed by atoms with E-state index in [9.17, 15) is 5.26 Å². The number of alkyl halides is 3. The van der Waals surface area contributed by atoms with E-state index in [4.69, 9.17) is 0 Å². The SMILES string of the molecule is N#Cc1c(-n2c3ccccc3c3ccc(-c4ccnc(-c5ccccc5)c4)cc32)cc(-c2ccccc2C(F)(F)F)cc1-n1c2ccccc2c2ccc(-c3ccnc(-c4ccccc4)c3)cc21. The van der Waals surface area contributed by atoms with Gasteiger partial charge in [-0.3, -0.25) is 9.97 Å². The monoisotopic (exact) mass is 883 g/mol. The molecule has 8 aromatic carbocycles. The Bertz CT molecular complexity index is 3750. The van der Waals surface area contributed by atoms with Gasteiger partial charge in [0.1, 0.15) is 11.6 Å². The zero-order valence-electron chi connectivity index (χ0n) is 36.2. The number of hydrogen-bond acceptors (Lipinski definition) is 3. The molecule has 322 valence electrons. The van der Waals surface area contributed by atoms with Crippen LogP contribution in [0.4, 0.5) is 13.2 Å². The molecule has 0 saturated carbocycles. The predicted octanol–water partition coefficient (Wildman–Crippen LogP) is 15.9. The Balaban J connectivity index is 1.15. The number of nitrogens with zero attached hydrogens (tertiary/aromatic N) is 5. The summed E-state index contributed by atoms with van der Waals surface area (Å²) in [7, 11) is 0. The van der Waals surface area contributed by atoms with Gasteiger partial charge in [0.15, 0.2) is 0 Å². The lowest BCUT2D eigenvalue weighted by Gasteiger charge is -2.20. The number of para-hydroxylation sites is 2. The van der Waals surface area contributed by atoms with Crippen molar-refractivity contribution in [2.45, 2.75) is 6.18 Å². The Morgan fingerprint density at radius 3 is 1.29 bits per heavy atom. The fourth-order valence-corrected chi connectivity index (χ4v) is 9.79. The van der Waals surface area contributed by atoms with Crippen LogP contribution in [-0.4, -0.2) is 19.1 Å². The van der Waals surface area contributed by atoms with Crippen molar-refractivity contribution in [3.8, 4) is 73.3 Å². The van der Waals surface area contributed by atoms with Crippen molar-refractivity contribution in [3.63, 3.8) is 0 Å². The van der Waals surface area contributed by atoms with Crippen LogP contribution in [-0.2, 0) is 6.18 Å². The summed E-state index contributed by atoms with van der Waals surface area (Å²) in [6.45, 7) is 0. The standard InChI is InChI=1S/C60H36F3N5/c61-60(62,63)51-20-10-7-17-45(51)44-35-58(67-54-21-11-8-18-46(54)48-25-23-40(33-56(48)67)42-27-29-65-52(31-42)38-13-3-1-4-14-38)50(37-64)59(36-44)68-55-22-12-9-19-47(55)49-26-24-41(34-57(49)68)43-28-30-66-53(32-43)39-15-5-2-6-16-39/h1-36H. The van der Waals surface area contributed by atoms with Crippen molar-refractivity contribution in [1.82, 2.24) is 19.1 Å². The zero-order valence-corrected chi connectivity index (χ0v) is 36.2. The second-order valence-electron chi connectivity index (χ2n) is 16.8. The Morgan fingerprint density at radius 1 is 0.382 bits per heavy atom. The molecule has 0 fully saturated rings. The lowest BCUT2D eigenvalue weighted by atomic mass is 9.95. The number of pyridine rings is 2. The van der Waals surface area contributed by atoms with E-state index in [1.165, 1.54) is 12.1 Å². The van der Waals surface area contributed by atoms with Gasteiger partial charge in [-0.1, -0.05) is 140 Å². The molecule has 12 rings (SSSR count). The number of halogens is 3. The van der Waals surface area contributed by atoms with Gasteiger partial charge in [-0.2, -0.15) is 18.4 Å². The lowest BCUT2D eigenvalue weighted by Crippen LogP contribution is -2.09. The number of fused-ring (bicyclic) bond motifs is 6. The molecular weight excluding hydrogens is 848 g/mol. The highest BCUT2D eigenvalue weighted by molar-refractivity contribution is 6.12. The van der Waals surface area contributed by atoms with Gasteiger partial charge in [-0.25, -0.2) is 0 Å². The van der Waals surface area contributed by atoms with Crippen LogP contribution in [0.15, 0.2) is 219 Å². The van der Waals surface area contributed by atoms with Crippen molar-refractivity contribution in [2.24, 2.45) is 0 Å². The van der Waals surface area contributed by atoms with E-state index in [0.29, 0.717) is 22.5 Å². The Hall–Kier alpha value is -9.06. The topological polar surface area (TPSA) is 59.4 Å². The van der Waals surface area contributed by atoms with E-state index >= 15 is 13.2 Å². The Morgan fingerprint density at radius 2 is 0.809 bits per heavy atom. The summed E-state index contributed by atoms with van der Waals surface area (Å²) in [6.07, 6.45) is -1.05. The minimum atomic E-state index is -4.65. The summed E-state index contributed by atoms with van der Waals surface area (Å²) in [4.78, 5) is 9.35. The molecule has 0 saturated heterocycles. The number of benzene rings is 8. The molecule has 12 aromatic rings. The maximum atomic E-state index is 15.1. The van der Waals surface area contributed by atoms with Crippen LogP contribution < -0.4 is 0 Å². The van der Waals surface area contributed by atoms with E-state index in [1.54, 1.807) is 30.6 Å². The van der Waals surface area contributed by atoms with Crippen molar-refractivity contribution in [2.75, 3.05) is 0 Å². The van der Waals surface area contributed by atoms with Gasteiger partial charge in [-0.15, -0.1) is 0 Å². The first kappa shape index (κ1) is 40.4. The minimum absolute atomic E-state index is 0.00496. The molecule has 68 heavy (non-hydrogen) atoms. The summed E-state index contributed by atoms with van der Waals surface area (Å²) in [5, 5.41) is 15.3. The number of hydrogen-bond donors (Lipinski definition) is 0. The van der Waals surface area contributed by atoms with Gasteiger partial charge in [0.25, 0.3) is 0 Å². The van der Waals surface area contributed by atoms with Crippen LogP contribution >= 0.6 is 0 Å². The van der Waals surface area contributed by atoms with Crippen LogP contribution in [0, 0.1) is 11.3 Å². The van der Waals surface area contributed by atoms with Gasteiger partial charge in [-0.05, 0) is 100 Å². The third kappa shape index (κ3) is 6.79. The number of aromatic nitrogens is 4. The zero-order chi connectivity index (χ0) is 45.9. The van der Waals surface area contributed by atoms with Crippen molar-refractivity contribution in [3.05, 3.63) is 230 Å². The first-order valence-corrected chi connectivity index (χ1v) is 22.2. The van der Waals surface area contributed by atoms with Crippen LogP contribution in [0.2, 0.25) is 0 Å². The number of nitriles is 1. The average Bonchev–Trinajstić information content (AvgIpc) is 3.90. The molecule has 0 atom stereocenters. The van der Waals surface area contributed by atoms with Crippen LogP contribution in [0.25, 0.3) is 111 Å². The molecule has 0 radical (unpaired) electrons. The first-order valence-electron chi connectivity index (χ1n) is 22.2. The van der Waals surface area contributed by atoms with E-state index in [-0.39, 0.29) is 5.56 Å². The molecule has 0 spiro atoms. The third-order valence-electron chi connectivity index (χ3n) is 12.9. The second kappa shape index (κ2) is 16.1. The fourth-order valence-electron chi connectivity index (χ4n) is 9.79. The molecule has 4 aromatic heterocycles. The molecule has 0 unspecified atom stereocenters. The van der Waals surface area contributed by atoms with E-state index in [0.717, 1.165) is 94.4 Å². The molecule has 8 heteroatoms. The maximum Gasteiger partial charge on any atom is 0.417 e. The fraction of sp³-hybridized carbons (Fsp3) is 0.0167. The predicted molar refractivity (Wildman–Crippen MR) is 268 cm³/mol. The molecule has 0 aliphatic heterocycles. The van der Waals surface area contributed by atoms with Crippen molar-refractivity contribution in [1.29, 1.82) is 5.26 Å². The molecule has 0 amide bonds. The molecule has 4 heterocycles. The summed E-state index contributed by atoms with van der Waals surface area (Å²) >= 11 is 0. The summed E-state index contributed by atoms with van der Waals surface area (Å²) in [5.41, 5.74) is 11.3. The first-order chi connectivity index (χ1) is 33.3. The third-order valence-corrected chi connectivity index (χ3v) is 12.9. The van der Waals surface area contributed by atoms with Gasteiger partial charge < -0.3 is 9.13 Å². The van der Waals surface area contributed by atoms with E-state index in [1.807, 2.05) is 130 Å². The second-order valence-corrected chi connectivity index (χ2v) is 16.8. The highest BCUT2D eigenvalue weighted by Gasteiger charge is 2.34. The summed E-state index contributed by atoms with van der Waals surface area (Å²) in [6, 6.07) is 68.2. The van der Waals surface area contributed by atoms with Gasteiger partial charge in [0.2, 0.25) is 0 Å². The summed E-state index contributed by atoms with van der Waals surface area (Å²) < 4.78 is 49.3. The Kier molecular flexibility index (Phi) is 9.59. The molecule has 0 aliphatic rings. The smallest absolute Gasteiger partial charge is 0.308 e. The van der Waals surface area contributed by atoms with E-state index < -0.39 is 11.7 Å². The van der Waals surface area contributed by atoms with Crippen LogP contribution in [0.1, 0.15) is 11.1 Å². The molecular formula is C60H36F3N5.